The maximum absolute atomic E-state index is 3.70. The molecule has 0 radical (unpaired) electrons. The number of halogens is 2. The van der Waals surface area contributed by atoms with Crippen LogP contribution in [0, 0.1) is 0 Å². The molecule has 0 aromatic carbocycles. The van der Waals surface area contributed by atoms with E-state index in [0.29, 0.717) is 4.83 Å². The molecule has 0 aliphatic carbocycles. The second kappa shape index (κ2) is 6.20. The normalized spacial score (nSPS) is 13.2. The summed E-state index contributed by atoms with van der Waals surface area (Å²) in [4.78, 5) is 2.16. The highest BCUT2D eigenvalue weighted by atomic mass is 79.9. The summed E-state index contributed by atoms with van der Waals surface area (Å²) in [5.74, 6) is 0. The van der Waals surface area contributed by atoms with Crippen molar-refractivity contribution in [3.05, 3.63) is 20.8 Å². The monoisotopic (exact) mass is 324 g/mol. The number of hydrogen-bond donors (Lipinski definition) is 0. The average molecular weight is 326 g/mol. The van der Waals surface area contributed by atoms with Crippen molar-refractivity contribution >= 4 is 43.2 Å². The molecule has 13 heavy (non-hydrogen) atoms. The molecule has 1 heterocycles. The lowest BCUT2D eigenvalue weighted by Crippen LogP contribution is -1.98. The van der Waals surface area contributed by atoms with Gasteiger partial charge in [-0.05, 0) is 46.6 Å². The van der Waals surface area contributed by atoms with Crippen molar-refractivity contribution in [2.45, 2.75) is 37.4 Å². The molecule has 1 aromatic heterocycles. The lowest BCUT2D eigenvalue weighted by molar-refractivity contribution is 0.696. The van der Waals surface area contributed by atoms with Crippen molar-refractivity contribution in [1.82, 2.24) is 0 Å². The number of hydrogen-bond acceptors (Lipinski definition) is 1. The Morgan fingerprint density at radius 2 is 2.23 bits per heavy atom. The summed E-state index contributed by atoms with van der Waals surface area (Å²) >= 11 is 9.09. The van der Waals surface area contributed by atoms with Crippen molar-refractivity contribution in [1.29, 1.82) is 0 Å². The van der Waals surface area contributed by atoms with Gasteiger partial charge in [-0.1, -0.05) is 29.3 Å². The summed E-state index contributed by atoms with van der Waals surface area (Å²) in [7, 11) is 0. The van der Waals surface area contributed by atoms with Crippen LogP contribution in [0.25, 0.3) is 0 Å². The molecule has 1 unspecified atom stereocenters. The minimum atomic E-state index is 0.687. The molecule has 1 aromatic rings. The van der Waals surface area contributed by atoms with Gasteiger partial charge in [0.2, 0.25) is 0 Å². The molecule has 3 heteroatoms. The van der Waals surface area contributed by atoms with Gasteiger partial charge >= 0.3 is 0 Å². The minimum absolute atomic E-state index is 0.687. The van der Waals surface area contributed by atoms with E-state index in [-0.39, 0.29) is 0 Å². The number of aryl methyl sites for hydroxylation is 1. The Labute approximate surface area is 101 Å². The lowest BCUT2D eigenvalue weighted by Gasteiger charge is -2.06. The summed E-state index contributed by atoms with van der Waals surface area (Å²) in [6, 6.07) is 2.13. The molecular weight excluding hydrogens is 312 g/mol. The first kappa shape index (κ1) is 11.7. The third-order valence-electron chi connectivity index (χ3n) is 1.98. The molecule has 0 aliphatic heterocycles. The van der Waals surface area contributed by atoms with Crippen LogP contribution in [0.3, 0.4) is 0 Å². The van der Waals surface area contributed by atoms with E-state index < -0.39 is 0 Å². The predicted octanol–water partition coefficient (Wildman–Crippen LogP) is 5.01. The van der Waals surface area contributed by atoms with Crippen molar-refractivity contribution in [3.63, 3.8) is 0 Å². The van der Waals surface area contributed by atoms with Gasteiger partial charge < -0.3 is 0 Å². The van der Waals surface area contributed by atoms with E-state index in [1.807, 2.05) is 11.3 Å². The van der Waals surface area contributed by atoms with E-state index in [0.717, 1.165) is 0 Å². The maximum atomic E-state index is 3.70. The van der Waals surface area contributed by atoms with E-state index >= 15 is 0 Å². The van der Waals surface area contributed by atoms with Crippen molar-refractivity contribution < 1.29 is 0 Å². The molecule has 0 nitrogen and oxygen atoms in total. The summed E-state index contributed by atoms with van der Waals surface area (Å²) in [6.45, 7) is 2.23. The molecule has 0 N–H and O–H groups in total. The smallest absolute Gasteiger partial charge is 0.0314 e. The molecule has 0 aliphatic rings. The number of alkyl halides is 1. The third-order valence-corrected chi connectivity index (χ3v) is 4.88. The van der Waals surface area contributed by atoms with Gasteiger partial charge in [0.15, 0.2) is 0 Å². The molecule has 0 saturated heterocycles. The highest BCUT2D eigenvalue weighted by Crippen LogP contribution is 2.26. The summed E-state index contributed by atoms with van der Waals surface area (Å²) in [5.41, 5.74) is 0. The van der Waals surface area contributed by atoms with Crippen LogP contribution in [0.1, 0.15) is 31.1 Å². The van der Waals surface area contributed by atoms with E-state index in [2.05, 4.69) is 50.2 Å². The van der Waals surface area contributed by atoms with Gasteiger partial charge in [0.25, 0.3) is 0 Å². The van der Waals surface area contributed by atoms with Crippen LogP contribution in [0.15, 0.2) is 15.9 Å². The van der Waals surface area contributed by atoms with Gasteiger partial charge in [0.1, 0.15) is 0 Å². The molecule has 0 spiro atoms. The van der Waals surface area contributed by atoms with Crippen molar-refractivity contribution in [2.24, 2.45) is 0 Å². The largest absolute Gasteiger partial charge is 0.148 e. The van der Waals surface area contributed by atoms with Gasteiger partial charge in [0, 0.05) is 14.2 Å². The van der Waals surface area contributed by atoms with E-state index in [4.69, 9.17) is 0 Å². The van der Waals surface area contributed by atoms with Crippen molar-refractivity contribution in [3.8, 4) is 0 Å². The highest BCUT2D eigenvalue weighted by Gasteiger charge is 2.06. The highest BCUT2D eigenvalue weighted by molar-refractivity contribution is 9.10. The molecular formula is C10H14Br2S. The predicted molar refractivity (Wildman–Crippen MR) is 68.0 cm³/mol. The topological polar surface area (TPSA) is 0 Å². The molecule has 0 bridgehead atoms. The van der Waals surface area contributed by atoms with E-state index in [1.54, 1.807) is 0 Å². The SMILES string of the molecule is CCCC(Br)CCc1sccc1Br. The zero-order valence-corrected chi connectivity index (χ0v) is 11.7. The fourth-order valence-electron chi connectivity index (χ4n) is 1.25. The fraction of sp³-hybridized carbons (Fsp3) is 0.600. The number of thiophene rings is 1. The van der Waals surface area contributed by atoms with Gasteiger partial charge in [-0.2, -0.15) is 0 Å². The Balaban J connectivity index is 2.30. The Kier molecular flexibility index (Phi) is 5.60. The van der Waals surface area contributed by atoms with Crippen LogP contribution in [0.4, 0.5) is 0 Å². The van der Waals surface area contributed by atoms with Crippen LogP contribution in [0.2, 0.25) is 0 Å². The van der Waals surface area contributed by atoms with Gasteiger partial charge in [-0.25, -0.2) is 0 Å². The lowest BCUT2D eigenvalue weighted by atomic mass is 10.1. The summed E-state index contributed by atoms with van der Waals surface area (Å²) < 4.78 is 1.27. The summed E-state index contributed by atoms with van der Waals surface area (Å²) in [5, 5.41) is 2.14. The van der Waals surface area contributed by atoms with Gasteiger partial charge in [-0.3, -0.25) is 0 Å². The molecule has 1 atom stereocenters. The fourth-order valence-corrected chi connectivity index (χ4v) is 3.51. The molecule has 1 rings (SSSR count). The minimum Gasteiger partial charge on any atom is -0.148 e. The van der Waals surface area contributed by atoms with Crippen LogP contribution in [-0.4, -0.2) is 4.83 Å². The molecule has 0 saturated carbocycles. The van der Waals surface area contributed by atoms with Crippen LogP contribution >= 0.6 is 43.2 Å². The zero-order valence-electron chi connectivity index (χ0n) is 7.72. The first-order valence-corrected chi connectivity index (χ1v) is 7.18. The second-order valence-corrected chi connectivity index (χ2v) is 6.27. The Morgan fingerprint density at radius 1 is 1.46 bits per heavy atom. The first-order chi connectivity index (χ1) is 6.24. The molecule has 0 amide bonds. The first-order valence-electron chi connectivity index (χ1n) is 4.60. The Bertz CT molecular complexity index is 245. The number of rotatable bonds is 5. The van der Waals surface area contributed by atoms with E-state index in [1.165, 1.54) is 35.0 Å². The van der Waals surface area contributed by atoms with E-state index in [9.17, 15) is 0 Å². The quantitative estimate of drug-likeness (QED) is 0.668. The molecule has 74 valence electrons. The Hall–Kier alpha value is 0.660. The van der Waals surface area contributed by atoms with Crippen molar-refractivity contribution in [2.75, 3.05) is 0 Å². The zero-order chi connectivity index (χ0) is 9.68. The van der Waals surface area contributed by atoms with Crippen LogP contribution in [0.5, 0.6) is 0 Å². The third kappa shape index (κ3) is 4.13. The van der Waals surface area contributed by atoms with Crippen LogP contribution < -0.4 is 0 Å². The van der Waals surface area contributed by atoms with Crippen LogP contribution in [-0.2, 0) is 6.42 Å². The standard InChI is InChI=1S/C10H14Br2S/c1-2-3-8(11)4-5-10-9(12)6-7-13-10/h6-8H,2-5H2,1H3. The van der Waals surface area contributed by atoms with Gasteiger partial charge in [0.05, 0.1) is 0 Å². The van der Waals surface area contributed by atoms with Gasteiger partial charge in [-0.15, -0.1) is 11.3 Å². The molecule has 0 fully saturated rings. The second-order valence-electron chi connectivity index (χ2n) is 3.12. The summed E-state index contributed by atoms with van der Waals surface area (Å²) in [6.07, 6.45) is 4.98. The Morgan fingerprint density at radius 3 is 2.77 bits per heavy atom. The average Bonchev–Trinajstić information content (AvgIpc) is 2.48. The maximum Gasteiger partial charge on any atom is 0.0314 e.